The Kier molecular flexibility index (Phi) is 5.85. The zero-order chi connectivity index (χ0) is 15.2. The van der Waals surface area contributed by atoms with E-state index in [2.05, 4.69) is 24.2 Å². The lowest BCUT2D eigenvalue weighted by molar-refractivity contribution is -0.0617. The molecule has 1 N–H and O–H groups in total. The molecular weight excluding hydrogens is 268 g/mol. The molecule has 1 aromatic rings. The average Bonchev–Trinajstić information content (AvgIpc) is 2.52. The molecular formula is C16H26N2O3. The van der Waals surface area contributed by atoms with Crippen LogP contribution in [0.15, 0.2) is 18.2 Å². The lowest BCUT2D eigenvalue weighted by atomic mass is 9.97. The minimum absolute atomic E-state index is 0.102. The summed E-state index contributed by atoms with van der Waals surface area (Å²) in [4.78, 5) is 2.32. The fraction of sp³-hybridized carbons (Fsp3) is 0.625. The van der Waals surface area contributed by atoms with Crippen molar-refractivity contribution in [2.45, 2.75) is 19.1 Å². The summed E-state index contributed by atoms with van der Waals surface area (Å²) in [6, 6.07) is 6.09. The van der Waals surface area contributed by atoms with Crippen molar-refractivity contribution in [2.24, 2.45) is 0 Å². The summed E-state index contributed by atoms with van der Waals surface area (Å²) in [7, 11) is 5.52. The van der Waals surface area contributed by atoms with E-state index in [-0.39, 0.29) is 12.1 Å². The molecule has 0 bridgehead atoms. The topological polar surface area (TPSA) is 43.0 Å². The van der Waals surface area contributed by atoms with Crippen molar-refractivity contribution in [1.82, 2.24) is 10.2 Å². The van der Waals surface area contributed by atoms with Crippen molar-refractivity contribution < 1.29 is 14.2 Å². The number of morpholine rings is 1. The highest BCUT2D eigenvalue weighted by atomic mass is 16.5. The third-order valence-corrected chi connectivity index (χ3v) is 3.95. The van der Waals surface area contributed by atoms with Crippen molar-refractivity contribution in [3.8, 4) is 11.5 Å². The van der Waals surface area contributed by atoms with E-state index in [0.717, 1.165) is 43.3 Å². The van der Waals surface area contributed by atoms with Gasteiger partial charge in [-0.05, 0) is 31.8 Å². The molecule has 118 valence electrons. The Labute approximate surface area is 127 Å². The van der Waals surface area contributed by atoms with E-state index in [1.54, 1.807) is 14.2 Å². The molecule has 1 saturated heterocycles. The molecule has 0 saturated carbocycles. The van der Waals surface area contributed by atoms with Crippen molar-refractivity contribution in [1.29, 1.82) is 0 Å². The molecule has 1 aliphatic heterocycles. The molecule has 0 aliphatic carbocycles. The summed E-state index contributed by atoms with van der Waals surface area (Å²) in [5, 5.41) is 3.38. The van der Waals surface area contributed by atoms with Gasteiger partial charge in [-0.25, -0.2) is 0 Å². The van der Waals surface area contributed by atoms with Crippen molar-refractivity contribution in [2.75, 3.05) is 47.5 Å². The third kappa shape index (κ3) is 3.67. The largest absolute Gasteiger partial charge is 0.497 e. The summed E-state index contributed by atoms with van der Waals surface area (Å²) in [5.74, 6) is 1.71. The van der Waals surface area contributed by atoms with Crippen LogP contribution < -0.4 is 14.8 Å². The quantitative estimate of drug-likeness (QED) is 0.865. The van der Waals surface area contributed by atoms with Crippen LogP contribution in [0.25, 0.3) is 0 Å². The normalized spacial score (nSPS) is 23.0. The van der Waals surface area contributed by atoms with Crippen molar-refractivity contribution >= 4 is 0 Å². The maximum absolute atomic E-state index is 5.99. The zero-order valence-corrected chi connectivity index (χ0v) is 13.4. The first-order valence-corrected chi connectivity index (χ1v) is 7.45. The Hall–Kier alpha value is -1.30. The van der Waals surface area contributed by atoms with Gasteiger partial charge < -0.3 is 19.5 Å². The number of rotatable bonds is 6. The second kappa shape index (κ2) is 7.64. The van der Waals surface area contributed by atoms with E-state index in [0.29, 0.717) is 0 Å². The fourth-order valence-corrected chi connectivity index (χ4v) is 2.83. The van der Waals surface area contributed by atoms with Crippen LogP contribution in [-0.2, 0) is 4.74 Å². The Balaban J connectivity index is 2.33. The van der Waals surface area contributed by atoms with Gasteiger partial charge >= 0.3 is 0 Å². The smallest absolute Gasteiger partial charge is 0.124 e. The van der Waals surface area contributed by atoms with Crippen LogP contribution in [0.1, 0.15) is 18.5 Å². The number of hydrogen-bond acceptors (Lipinski definition) is 5. The van der Waals surface area contributed by atoms with Gasteiger partial charge in [0.05, 0.1) is 33.0 Å². The Morgan fingerprint density at radius 2 is 2.14 bits per heavy atom. The number of nitrogens with one attached hydrogen (secondary N) is 1. The Morgan fingerprint density at radius 3 is 2.81 bits per heavy atom. The standard InChI is InChI=1S/C16H26N2O3/c1-5-17-11-15-16(18(2)8-9-21-15)13-10-12(19-3)6-7-14(13)20-4/h6-7,10,15-17H,5,8-9,11H2,1-4H3. The van der Waals surface area contributed by atoms with Crippen molar-refractivity contribution in [3.05, 3.63) is 23.8 Å². The maximum atomic E-state index is 5.99. The maximum Gasteiger partial charge on any atom is 0.124 e. The first-order valence-electron chi connectivity index (χ1n) is 7.45. The monoisotopic (exact) mass is 294 g/mol. The van der Waals surface area contributed by atoms with Gasteiger partial charge in [0, 0.05) is 18.7 Å². The zero-order valence-electron chi connectivity index (χ0n) is 13.4. The van der Waals surface area contributed by atoms with E-state index in [9.17, 15) is 0 Å². The molecule has 2 atom stereocenters. The van der Waals surface area contributed by atoms with Gasteiger partial charge in [-0.3, -0.25) is 4.90 Å². The number of likely N-dealkylation sites (N-methyl/N-ethyl adjacent to an activating group) is 2. The van der Waals surface area contributed by atoms with Gasteiger partial charge in [-0.2, -0.15) is 0 Å². The molecule has 1 aromatic carbocycles. The molecule has 0 amide bonds. The highest BCUT2D eigenvalue weighted by Gasteiger charge is 2.33. The number of benzene rings is 1. The highest BCUT2D eigenvalue weighted by Crippen LogP contribution is 2.36. The first-order chi connectivity index (χ1) is 10.2. The predicted molar refractivity (Wildman–Crippen MR) is 83.2 cm³/mol. The second-order valence-electron chi connectivity index (χ2n) is 5.25. The van der Waals surface area contributed by atoms with Crippen LogP contribution in [0, 0.1) is 0 Å². The molecule has 2 unspecified atom stereocenters. The number of methoxy groups -OCH3 is 2. The van der Waals surface area contributed by atoms with Crippen LogP contribution in [0.3, 0.4) is 0 Å². The SMILES string of the molecule is CCNCC1OCCN(C)C1c1cc(OC)ccc1OC. The first kappa shape index (κ1) is 16.1. The van der Waals surface area contributed by atoms with E-state index in [1.807, 2.05) is 18.2 Å². The van der Waals surface area contributed by atoms with Crippen LogP contribution >= 0.6 is 0 Å². The summed E-state index contributed by atoms with van der Waals surface area (Å²) >= 11 is 0. The minimum Gasteiger partial charge on any atom is -0.497 e. The number of hydrogen-bond donors (Lipinski definition) is 1. The molecule has 2 rings (SSSR count). The van der Waals surface area contributed by atoms with E-state index < -0.39 is 0 Å². The lowest BCUT2D eigenvalue weighted by Crippen LogP contribution is -2.47. The Bertz CT molecular complexity index is 453. The average molecular weight is 294 g/mol. The van der Waals surface area contributed by atoms with Crippen LogP contribution in [0.2, 0.25) is 0 Å². The number of ether oxygens (including phenoxy) is 3. The highest BCUT2D eigenvalue weighted by molar-refractivity contribution is 5.43. The lowest BCUT2D eigenvalue weighted by Gasteiger charge is -2.40. The fourth-order valence-electron chi connectivity index (χ4n) is 2.83. The molecule has 21 heavy (non-hydrogen) atoms. The number of nitrogens with zero attached hydrogens (tertiary/aromatic N) is 1. The molecule has 1 heterocycles. The summed E-state index contributed by atoms with van der Waals surface area (Å²) < 4.78 is 16.9. The van der Waals surface area contributed by atoms with Crippen LogP contribution in [-0.4, -0.2) is 58.5 Å². The van der Waals surface area contributed by atoms with E-state index >= 15 is 0 Å². The van der Waals surface area contributed by atoms with Crippen molar-refractivity contribution in [3.63, 3.8) is 0 Å². The molecule has 1 fully saturated rings. The molecule has 0 spiro atoms. The van der Waals surface area contributed by atoms with E-state index in [1.165, 1.54) is 0 Å². The molecule has 5 heteroatoms. The van der Waals surface area contributed by atoms with Gasteiger partial charge in [-0.15, -0.1) is 0 Å². The molecule has 0 radical (unpaired) electrons. The van der Waals surface area contributed by atoms with Gasteiger partial charge in [0.2, 0.25) is 0 Å². The third-order valence-electron chi connectivity index (χ3n) is 3.95. The predicted octanol–water partition coefficient (Wildman–Crippen LogP) is 1.68. The summed E-state index contributed by atoms with van der Waals surface area (Å²) in [6.45, 7) is 5.54. The second-order valence-corrected chi connectivity index (χ2v) is 5.25. The Morgan fingerprint density at radius 1 is 1.33 bits per heavy atom. The van der Waals surface area contributed by atoms with Crippen LogP contribution in [0.4, 0.5) is 0 Å². The molecule has 5 nitrogen and oxygen atoms in total. The summed E-state index contributed by atoms with van der Waals surface area (Å²) in [5.41, 5.74) is 1.11. The van der Waals surface area contributed by atoms with Gasteiger partial charge in [0.1, 0.15) is 11.5 Å². The molecule has 0 aromatic heterocycles. The van der Waals surface area contributed by atoms with Gasteiger partial charge in [0.15, 0.2) is 0 Å². The van der Waals surface area contributed by atoms with E-state index in [4.69, 9.17) is 14.2 Å². The van der Waals surface area contributed by atoms with Gasteiger partial charge in [0.25, 0.3) is 0 Å². The minimum atomic E-state index is 0.102. The van der Waals surface area contributed by atoms with Gasteiger partial charge in [-0.1, -0.05) is 6.92 Å². The molecule has 1 aliphatic rings. The van der Waals surface area contributed by atoms with Crippen LogP contribution in [0.5, 0.6) is 11.5 Å². The summed E-state index contributed by atoms with van der Waals surface area (Å²) in [6.07, 6.45) is 0.102.